The molecule has 0 saturated heterocycles. The molecule has 584 valence electrons. The highest BCUT2D eigenvalue weighted by molar-refractivity contribution is 7.27. The smallest absolute Gasteiger partial charge is 0.0979 e. The van der Waals surface area contributed by atoms with E-state index < -0.39 is 0 Å². The number of thiophene rings is 3. The molecule has 0 aliphatic heterocycles. The molecule has 0 spiro atoms. The summed E-state index contributed by atoms with van der Waals surface area (Å²) in [7, 11) is 0. The Kier molecular flexibility index (Phi) is 17.9. The third-order valence-electron chi connectivity index (χ3n) is 25.0. The maximum atomic E-state index is 5.33. The van der Waals surface area contributed by atoms with Crippen LogP contribution in [0.25, 0.3) is 248 Å². The van der Waals surface area contributed by atoms with Crippen molar-refractivity contribution in [3.63, 3.8) is 0 Å². The number of benzene rings is 20. The molecule has 0 saturated carbocycles. The van der Waals surface area contributed by atoms with Gasteiger partial charge in [-0.1, -0.05) is 346 Å². The lowest BCUT2D eigenvalue weighted by atomic mass is 9.90. The van der Waals surface area contributed by atoms with Crippen LogP contribution >= 0.6 is 34.0 Å². The molecule has 0 amide bonds. The number of nitrogens with zero attached hydrogens (tertiary/aromatic N) is 6. The van der Waals surface area contributed by atoms with E-state index in [9.17, 15) is 0 Å². The highest BCUT2D eigenvalue weighted by Crippen LogP contribution is 2.49. The summed E-state index contributed by atoms with van der Waals surface area (Å²) in [6.45, 7) is 4.40. The molecule has 0 N–H and O–H groups in total. The summed E-state index contributed by atoms with van der Waals surface area (Å²) in [4.78, 5) is 30.8. The van der Waals surface area contributed by atoms with Crippen molar-refractivity contribution in [1.29, 1.82) is 0 Å². The van der Waals surface area contributed by atoms with Gasteiger partial charge in [0.1, 0.15) is 0 Å². The third kappa shape index (κ3) is 12.5. The topological polar surface area (TPSA) is 77.3 Å². The summed E-state index contributed by atoms with van der Waals surface area (Å²) in [5, 5.41) is 22.0. The summed E-state index contributed by atoms with van der Waals surface area (Å²) < 4.78 is 7.97. The van der Waals surface area contributed by atoms with Gasteiger partial charge in [0.05, 0.1) is 68.8 Å². The van der Waals surface area contributed by atoms with Gasteiger partial charge in [0.15, 0.2) is 0 Å². The molecule has 26 aromatic rings. The minimum atomic E-state index is 0.874. The zero-order valence-electron chi connectivity index (χ0n) is 68.0. The van der Waals surface area contributed by atoms with Crippen LogP contribution in [-0.4, -0.2) is 29.9 Å². The van der Waals surface area contributed by atoms with Gasteiger partial charge in [0.2, 0.25) is 0 Å². The first-order chi connectivity index (χ1) is 61.8. The van der Waals surface area contributed by atoms with E-state index in [0.29, 0.717) is 0 Å². The first-order valence-electron chi connectivity index (χ1n) is 42.3. The van der Waals surface area contributed by atoms with Crippen molar-refractivity contribution >= 4 is 192 Å². The van der Waals surface area contributed by atoms with Crippen molar-refractivity contribution in [2.45, 2.75) is 13.8 Å². The van der Waals surface area contributed by atoms with Crippen LogP contribution in [0.15, 0.2) is 401 Å². The Bertz CT molecular complexity index is 8840. The van der Waals surface area contributed by atoms with Gasteiger partial charge < -0.3 is 0 Å². The molecule has 6 aromatic heterocycles. The lowest BCUT2D eigenvalue weighted by Gasteiger charge is -2.15. The Balaban J connectivity index is 0.000000105. The molecular formula is C116H72N6S3. The van der Waals surface area contributed by atoms with Crippen LogP contribution in [-0.2, 0) is 0 Å². The fourth-order valence-corrected chi connectivity index (χ4v) is 22.9. The van der Waals surface area contributed by atoms with E-state index in [1.807, 2.05) is 52.6 Å². The van der Waals surface area contributed by atoms with Gasteiger partial charge >= 0.3 is 0 Å². The van der Waals surface area contributed by atoms with Gasteiger partial charge in [-0.15, -0.1) is 34.0 Å². The van der Waals surface area contributed by atoms with E-state index in [1.165, 1.54) is 148 Å². The molecular weight excluding hydrogens is 1570 g/mol. The molecule has 0 radical (unpaired) electrons. The summed E-state index contributed by atoms with van der Waals surface area (Å²) in [5.41, 5.74) is 26.3. The Morgan fingerprint density at radius 3 is 0.856 bits per heavy atom. The fourth-order valence-electron chi connectivity index (χ4n) is 19.2. The summed E-state index contributed by atoms with van der Waals surface area (Å²) in [6.07, 6.45) is 5.80. The molecule has 0 unspecified atom stereocenters. The highest BCUT2D eigenvalue weighted by Gasteiger charge is 2.23. The SMILES string of the molecule is Cc1cc(-c2cccc3c2sc2ccccc23)c(C)cc1-c1cnc2c3ccccc3c3ccccc3c2n1.c1cc(-c2cccc(-c3cccc4c3sc3ccccc34)c2)cc(-c2cnc3c4ccccc4c4ccccc4c3n2)c1.c1ccc(-c2ccccc2-c2cccc3c2sc2ccccc23)c(-c2cnc3c4ccccc4c4ccccc4c3n2)c1. The average Bonchev–Trinajstić information content (AvgIpc) is 1.01. The van der Waals surface area contributed by atoms with Gasteiger partial charge in [0, 0.05) is 115 Å². The lowest BCUT2D eigenvalue weighted by molar-refractivity contribution is 1.28. The second kappa shape index (κ2) is 30.4. The molecule has 0 atom stereocenters. The van der Waals surface area contributed by atoms with Crippen LogP contribution in [0.4, 0.5) is 0 Å². The van der Waals surface area contributed by atoms with E-state index in [-0.39, 0.29) is 0 Å². The lowest BCUT2D eigenvalue weighted by Crippen LogP contribution is -1.95. The second-order valence-electron chi connectivity index (χ2n) is 32.2. The van der Waals surface area contributed by atoms with Gasteiger partial charge in [-0.25, -0.2) is 15.0 Å². The summed E-state index contributed by atoms with van der Waals surface area (Å²) in [5.74, 6) is 0. The average molecular weight is 1650 g/mol. The molecule has 6 heterocycles. The minimum Gasteiger partial charge on any atom is -0.252 e. The Morgan fingerprint density at radius 1 is 0.168 bits per heavy atom. The zero-order valence-corrected chi connectivity index (χ0v) is 70.5. The van der Waals surface area contributed by atoms with Gasteiger partial charge in [-0.3, -0.25) is 15.0 Å². The van der Waals surface area contributed by atoms with E-state index in [0.717, 1.165) is 110 Å². The van der Waals surface area contributed by atoms with Crippen LogP contribution in [0, 0.1) is 13.8 Å². The van der Waals surface area contributed by atoms with Crippen LogP contribution in [0.2, 0.25) is 0 Å². The molecule has 9 heteroatoms. The number of hydrogen-bond acceptors (Lipinski definition) is 9. The van der Waals surface area contributed by atoms with Gasteiger partial charge in [-0.05, 0) is 144 Å². The van der Waals surface area contributed by atoms with Crippen molar-refractivity contribution < 1.29 is 0 Å². The highest BCUT2D eigenvalue weighted by atomic mass is 32.1. The summed E-state index contributed by atoms with van der Waals surface area (Å²) in [6, 6.07) is 137. The predicted octanol–water partition coefficient (Wildman–Crippen LogP) is 32.9. The molecule has 0 fully saturated rings. The van der Waals surface area contributed by atoms with Crippen LogP contribution in [0.3, 0.4) is 0 Å². The van der Waals surface area contributed by atoms with Gasteiger partial charge in [0.25, 0.3) is 0 Å². The number of rotatable bonds is 8. The maximum Gasteiger partial charge on any atom is 0.0979 e. The zero-order chi connectivity index (χ0) is 82.7. The molecule has 0 aliphatic rings. The van der Waals surface area contributed by atoms with Crippen molar-refractivity contribution in [1.82, 2.24) is 29.9 Å². The van der Waals surface area contributed by atoms with E-state index in [2.05, 4.69) is 396 Å². The van der Waals surface area contributed by atoms with E-state index in [4.69, 9.17) is 29.9 Å². The number of hydrogen-bond donors (Lipinski definition) is 0. The Hall–Kier alpha value is -15.4. The number of aromatic nitrogens is 6. The molecule has 6 nitrogen and oxygen atoms in total. The Morgan fingerprint density at radius 2 is 0.424 bits per heavy atom. The van der Waals surface area contributed by atoms with Crippen molar-refractivity contribution in [3.05, 3.63) is 412 Å². The van der Waals surface area contributed by atoms with E-state index >= 15 is 0 Å². The minimum absolute atomic E-state index is 0.874. The Labute approximate surface area is 731 Å². The quantitative estimate of drug-likeness (QED) is 0.141. The number of aryl methyl sites for hydroxylation is 2. The van der Waals surface area contributed by atoms with Crippen molar-refractivity contribution in [2.75, 3.05) is 0 Å². The molecule has 26 rings (SSSR count). The van der Waals surface area contributed by atoms with Crippen molar-refractivity contribution in [2.24, 2.45) is 0 Å². The first-order valence-corrected chi connectivity index (χ1v) is 44.7. The largest absolute Gasteiger partial charge is 0.252 e. The molecule has 0 aliphatic carbocycles. The van der Waals surface area contributed by atoms with Gasteiger partial charge in [-0.2, -0.15) is 0 Å². The first kappa shape index (κ1) is 73.6. The number of fused-ring (bicyclic) bond motifs is 27. The third-order valence-corrected chi connectivity index (χ3v) is 28.7. The fraction of sp³-hybridized carbons (Fsp3) is 0.0172. The predicted molar refractivity (Wildman–Crippen MR) is 535 cm³/mol. The standard InChI is InChI=1S/2C40H24N2S.C36H24N2S/c1-3-17-33-30(14-1)31-15-2-4-18-34(31)39-38(33)41-24-36(42-39)28-13-8-11-26(23-28)25-10-7-12-27(22-25)29-19-9-20-35-32-16-5-6-21-37(32)43-40(29)35;1-2-16-29(34-21-11-22-35-31-18-9-10-23-37(31)43-40(34)35)25(12-1)26-13-3-6-17-30(26)36-24-41-38-32-19-7-4-14-27(32)28-15-5-8-20-33(28)39(38)42-36;1-21-19-31(22(2)18-30(21)29-16-9-15-28-25-12-7-8-17-33(25)39-36(28)29)32-20-37-34-26-13-5-3-10-23(26)24-11-4-6-14-27(24)35(34)38-32/h2*1-24H;3-20H,1-2H3. The van der Waals surface area contributed by atoms with Crippen molar-refractivity contribution in [3.8, 4) is 89.4 Å². The van der Waals surface area contributed by atoms with Crippen LogP contribution in [0.5, 0.6) is 0 Å². The van der Waals surface area contributed by atoms with Crippen LogP contribution in [0.1, 0.15) is 11.1 Å². The second-order valence-corrected chi connectivity index (χ2v) is 35.4. The molecule has 125 heavy (non-hydrogen) atoms. The normalized spacial score (nSPS) is 11.8. The maximum absolute atomic E-state index is 5.33. The molecule has 20 aromatic carbocycles. The molecule has 0 bridgehead atoms. The van der Waals surface area contributed by atoms with Crippen LogP contribution < -0.4 is 0 Å². The summed E-state index contributed by atoms with van der Waals surface area (Å²) >= 11 is 5.62. The van der Waals surface area contributed by atoms with E-state index in [1.54, 1.807) is 0 Å². The monoisotopic (exact) mass is 1640 g/mol.